The minimum Gasteiger partial charge on any atom is -0.377 e. The van der Waals surface area contributed by atoms with E-state index in [0.717, 1.165) is 27.6 Å². The Morgan fingerprint density at radius 2 is 1.74 bits per heavy atom. The molecular weight excluding hydrogens is 428 g/mol. The van der Waals surface area contributed by atoms with Gasteiger partial charge in [-0.3, -0.25) is 0 Å². The zero-order chi connectivity index (χ0) is 22.4. The number of piperazine rings is 1. The number of benzene rings is 2. The summed E-state index contributed by atoms with van der Waals surface area (Å²) in [6, 6.07) is 9.63. The van der Waals surface area contributed by atoms with Gasteiger partial charge < -0.3 is 15.0 Å². The van der Waals surface area contributed by atoms with E-state index in [4.69, 9.17) is 4.74 Å². The van der Waals surface area contributed by atoms with Crippen LogP contribution in [0.25, 0.3) is 0 Å². The smallest absolute Gasteiger partial charge is 0.317 e. The summed E-state index contributed by atoms with van der Waals surface area (Å²) in [6.45, 7) is 3.54. The van der Waals surface area contributed by atoms with Gasteiger partial charge in [-0.1, -0.05) is 24.3 Å². The number of nitrogens with one attached hydrogen (secondary N) is 1. The third-order valence-electron chi connectivity index (χ3n) is 5.05. The minimum absolute atomic E-state index is 0.00731. The summed E-state index contributed by atoms with van der Waals surface area (Å²) in [5, 5.41) is 2.84. The predicted molar refractivity (Wildman–Crippen MR) is 111 cm³/mol. The summed E-state index contributed by atoms with van der Waals surface area (Å²) in [5.74, 6) is -1.84. The maximum atomic E-state index is 13.9. The number of urea groups is 1. The van der Waals surface area contributed by atoms with E-state index in [1.54, 1.807) is 0 Å². The van der Waals surface area contributed by atoms with Gasteiger partial charge in [0.25, 0.3) is 0 Å². The van der Waals surface area contributed by atoms with Gasteiger partial charge in [-0.2, -0.15) is 4.31 Å². The van der Waals surface area contributed by atoms with Crippen molar-refractivity contribution in [2.24, 2.45) is 0 Å². The first kappa shape index (κ1) is 23.1. The van der Waals surface area contributed by atoms with Crippen molar-refractivity contribution in [3.8, 4) is 0 Å². The maximum Gasteiger partial charge on any atom is 0.317 e. The molecule has 10 heteroatoms. The van der Waals surface area contributed by atoms with Crippen molar-refractivity contribution in [3.63, 3.8) is 0 Å². The van der Waals surface area contributed by atoms with E-state index in [-0.39, 0.29) is 32.2 Å². The Kier molecular flexibility index (Phi) is 7.58. The molecule has 0 unspecified atom stereocenters. The monoisotopic (exact) mass is 453 g/mol. The van der Waals surface area contributed by atoms with E-state index >= 15 is 0 Å². The lowest BCUT2D eigenvalue weighted by molar-refractivity contribution is 0.133. The van der Waals surface area contributed by atoms with Crippen molar-refractivity contribution < 1.29 is 26.7 Å². The standard InChI is InChI=1S/C21H25F2N3O4S/c1-2-30-15-17-6-4-3-5-16(17)14-24-21(27)25-9-11-26(12-10-25)31(28,29)20-13-18(22)7-8-19(20)23/h3-8,13H,2,9-12,14-15H2,1H3,(H,24,27). The van der Waals surface area contributed by atoms with Gasteiger partial charge >= 0.3 is 6.03 Å². The molecule has 2 aromatic carbocycles. The number of hydrogen-bond acceptors (Lipinski definition) is 4. The van der Waals surface area contributed by atoms with Crippen LogP contribution in [0.15, 0.2) is 47.4 Å². The van der Waals surface area contributed by atoms with Crippen molar-refractivity contribution >= 4 is 16.1 Å². The highest BCUT2D eigenvalue weighted by molar-refractivity contribution is 7.89. The predicted octanol–water partition coefficient (Wildman–Crippen LogP) is 2.72. The lowest BCUT2D eigenvalue weighted by Gasteiger charge is -2.34. The summed E-state index contributed by atoms with van der Waals surface area (Å²) in [4.78, 5) is 13.3. The van der Waals surface area contributed by atoms with Gasteiger partial charge in [0.1, 0.15) is 16.5 Å². The number of halogens is 2. The van der Waals surface area contributed by atoms with Crippen LogP contribution in [0.1, 0.15) is 18.1 Å². The summed E-state index contributed by atoms with van der Waals surface area (Å²) in [6.07, 6.45) is 0. The fourth-order valence-corrected chi connectivity index (χ4v) is 4.81. The third-order valence-corrected chi connectivity index (χ3v) is 6.96. The van der Waals surface area contributed by atoms with Crippen molar-refractivity contribution in [1.82, 2.24) is 14.5 Å². The van der Waals surface area contributed by atoms with Crippen LogP contribution in [0.2, 0.25) is 0 Å². The Balaban J connectivity index is 1.57. The zero-order valence-corrected chi connectivity index (χ0v) is 18.0. The molecule has 0 saturated carbocycles. The molecule has 168 valence electrons. The van der Waals surface area contributed by atoms with E-state index in [2.05, 4.69) is 5.32 Å². The largest absolute Gasteiger partial charge is 0.377 e. The van der Waals surface area contributed by atoms with Crippen molar-refractivity contribution in [1.29, 1.82) is 0 Å². The highest BCUT2D eigenvalue weighted by Crippen LogP contribution is 2.21. The molecule has 2 amide bonds. The van der Waals surface area contributed by atoms with Crippen LogP contribution in [-0.4, -0.2) is 56.4 Å². The Labute approximate surface area is 180 Å². The van der Waals surface area contributed by atoms with Crippen LogP contribution in [0.3, 0.4) is 0 Å². The first-order chi connectivity index (χ1) is 14.8. The van der Waals surface area contributed by atoms with Gasteiger partial charge in [0.15, 0.2) is 0 Å². The molecule has 0 atom stereocenters. The SMILES string of the molecule is CCOCc1ccccc1CNC(=O)N1CCN(S(=O)(=O)c2cc(F)ccc2F)CC1. The maximum absolute atomic E-state index is 13.9. The van der Waals surface area contributed by atoms with Crippen LogP contribution >= 0.6 is 0 Å². The minimum atomic E-state index is -4.19. The number of carbonyl (C=O) groups excluding carboxylic acids is 1. The van der Waals surface area contributed by atoms with E-state index in [9.17, 15) is 22.0 Å². The van der Waals surface area contributed by atoms with Gasteiger partial charge in [0.2, 0.25) is 10.0 Å². The first-order valence-corrected chi connectivity index (χ1v) is 11.4. The fourth-order valence-electron chi connectivity index (χ4n) is 3.31. The summed E-state index contributed by atoms with van der Waals surface area (Å²) in [5.41, 5.74) is 1.92. The Morgan fingerprint density at radius 1 is 1.06 bits per heavy atom. The molecule has 1 heterocycles. The van der Waals surface area contributed by atoms with E-state index in [0.29, 0.717) is 25.8 Å². The summed E-state index contributed by atoms with van der Waals surface area (Å²) in [7, 11) is -4.19. The second-order valence-corrected chi connectivity index (χ2v) is 8.94. The molecule has 1 fully saturated rings. The second-order valence-electron chi connectivity index (χ2n) is 7.03. The molecule has 31 heavy (non-hydrogen) atoms. The van der Waals surface area contributed by atoms with Crippen molar-refractivity contribution in [2.75, 3.05) is 32.8 Å². The van der Waals surface area contributed by atoms with Gasteiger partial charge in [-0.25, -0.2) is 22.0 Å². The number of nitrogens with zero attached hydrogens (tertiary/aromatic N) is 2. The second kappa shape index (κ2) is 10.2. The summed E-state index contributed by atoms with van der Waals surface area (Å²) < 4.78 is 59.2. The van der Waals surface area contributed by atoms with Crippen LogP contribution in [0, 0.1) is 11.6 Å². The average molecular weight is 454 g/mol. The Morgan fingerprint density at radius 3 is 2.42 bits per heavy atom. The molecule has 0 aromatic heterocycles. The number of amides is 2. The molecule has 1 N–H and O–H groups in total. The highest BCUT2D eigenvalue weighted by atomic mass is 32.2. The molecule has 1 aliphatic heterocycles. The van der Waals surface area contributed by atoms with Crippen LogP contribution in [-0.2, 0) is 27.9 Å². The summed E-state index contributed by atoms with van der Waals surface area (Å²) >= 11 is 0. The van der Waals surface area contributed by atoms with Crippen LogP contribution in [0.5, 0.6) is 0 Å². The van der Waals surface area contributed by atoms with E-state index in [1.165, 1.54) is 4.90 Å². The van der Waals surface area contributed by atoms with Gasteiger partial charge in [0.05, 0.1) is 6.61 Å². The van der Waals surface area contributed by atoms with E-state index in [1.807, 2.05) is 31.2 Å². The lowest BCUT2D eigenvalue weighted by atomic mass is 10.1. The highest BCUT2D eigenvalue weighted by Gasteiger charge is 2.32. The molecular formula is C21H25F2N3O4S. The topological polar surface area (TPSA) is 79.0 Å². The number of carbonyl (C=O) groups is 1. The van der Waals surface area contributed by atoms with E-state index < -0.39 is 26.6 Å². The number of ether oxygens (including phenoxy) is 1. The molecule has 1 aliphatic rings. The molecule has 0 aliphatic carbocycles. The number of hydrogen-bond donors (Lipinski definition) is 1. The Bertz CT molecular complexity index is 1030. The van der Waals surface area contributed by atoms with Gasteiger partial charge in [-0.05, 0) is 36.2 Å². The fraction of sp³-hybridized carbons (Fsp3) is 0.381. The first-order valence-electron chi connectivity index (χ1n) is 9.95. The van der Waals surface area contributed by atoms with Crippen LogP contribution < -0.4 is 5.32 Å². The lowest BCUT2D eigenvalue weighted by Crippen LogP contribution is -2.53. The van der Waals surface area contributed by atoms with Gasteiger partial charge in [-0.15, -0.1) is 0 Å². The molecule has 0 spiro atoms. The van der Waals surface area contributed by atoms with Crippen molar-refractivity contribution in [3.05, 3.63) is 65.2 Å². The molecule has 0 bridgehead atoms. The quantitative estimate of drug-likeness (QED) is 0.699. The molecule has 3 rings (SSSR count). The number of sulfonamides is 1. The molecule has 0 radical (unpaired) electrons. The number of rotatable bonds is 7. The van der Waals surface area contributed by atoms with Crippen molar-refractivity contribution in [2.45, 2.75) is 25.0 Å². The third kappa shape index (κ3) is 5.57. The normalized spacial score (nSPS) is 15.1. The van der Waals surface area contributed by atoms with Gasteiger partial charge in [0, 0.05) is 39.3 Å². The molecule has 1 saturated heterocycles. The molecule has 2 aromatic rings. The average Bonchev–Trinajstić information content (AvgIpc) is 2.78. The Hall–Kier alpha value is -2.56. The molecule has 7 nitrogen and oxygen atoms in total. The van der Waals surface area contributed by atoms with Crippen LogP contribution in [0.4, 0.5) is 13.6 Å². The zero-order valence-electron chi connectivity index (χ0n) is 17.2.